The average molecular weight is 253 g/mol. The summed E-state index contributed by atoms with van der Waals surface area (Å²) in [5, 5.41) is 0. The van der Waals surface area contributed by atoms with Crippen LogP contribution in [0.3, 0.4) is 0 Å². The lowest BCUT2D eigenvalue weighted by Gasteiger charge is -2.13. The molecule has 0 saturated carbocycles. The fourth-order valence-corrected chi connectivity index (χ4v) is 1.83. The van der Waals surface area contributed by atoms with E-state index in [1.165, 1.54) is 0 Å². The van der Waals surface area contributed by atoms with Gasteiger partial charge in [-0.15, -0.1) is 0 Å². The zero-order valence-electron chi connectivity index (χ0n) is 11.5. The van der Waals surface area contributed by atoms with Crippen LogP contribution in [-0.4, -0.2) is 33.5 Å². The highest BCUT2D eigenvalue weighted by Crippen LogP contribution is 2.24. The molecule has 0 aromatic heterocycles. The van der Waals surface area contributed by atoms with Crippen LogP contribution in [-0.2, 0) is 16.0 Å². The second-order valence-electron chi connectivity index (χ2n) is 4.22. The Bertz CT molecular complexity index is 343. The number of aryl methyl sites for hydroxylation is 2. The van der Waals surface area contributed by atoms with Gasteiger partial charge in [0.15, 0.2) is 0 Å². The minimum Gasteiger partial charge on any atom is -0.491 e. The lowest BCUT2D eigenvalue weighted by Crippen LogP contribution is -2.11. The van der Waals surface area contributed by atoms with Crippen LogP contribution in [0.15, 0.2) is 12.1 Å². The van der Waals surface area contributed by atoms with E-state index < -0.39 is 0 Å². The van der Waals surface area contributed by atoms with Gasteiger partial charge in [0.05, 0.1) is 19.8 Å². The van der Waals surface area contributed by atoms with Gasteiger partial charge < -0.3 is 19.9 Å². The summed E-state index contributed by atoms with van der Waals surface area (Å²) in [7, 11) is 1.66. The molecule has 0 saturated heterocycles. The molecular formula is C14H23NO3. The summed E-state index contributed by atoms with van der Waals surface area (Å²) in [5.74, 6) is 0.933. The van der Waals surface area contributed by atoms with E-state index in [2.05, 4.69) is 12.1 Å². The standard InChI is InChI=1S/C14H23NO3/c1-11-8-13(10-15)9-12(2)14(11)18-7-6-17-5-4-16-3/h8-9H,4-7,10,15H2,1-3H3. The fraction of sp³-hybridized carbons (Fsp3) is 0.571. The molecule has 4 nitrogen and oxygen atoms in total. The van der Waals surface area contributed by atoms with Crippen LogP contribution in [0, 0.1) is 13.8 Å². The van der Waals surface area contributed by atoms with Gasteiger partial charge in [0.25, 0.3) is 0 Å². The van der Waals surface area contributed by atoms with Crippen molar-refractivity contribution in [3.63, 3.8) is 0 Å². The van der Waals surface area contributed by atoms with Crippen LogP contribution in [0.4, 0.5) is 0 Å². The predicted octanol–water partition coefficient (Wildman–Crippen LogP) is 1.80. The Kier molecular flexibility index (Phi) is 6.72. The molecule has 1 rings (SSSR count). The zero-order valence-corrected chi connectivity index (χ0v) is 11.5. The molecule has 0 radical (unpaired) electrons. The van der Waals surface area contributed by atoms with Crippen molar-refractivity contribution in [3.05, 3.63) is 28.8 Å². The quantitative estimate of drug-likeness (QED) is 0.718. The molecule has 102 valence electrons. The highest BCUT2D eigenvalue weighted by Gasteiger charge is 2.05. The third kappa shape index (κ3) is 4.64. The number of nitrogens with two attached hydrogens (primary N) is 1. The molecule has 18 heavy (non-hydrogen) atoms. The smallest absolute Gasteiger partial charge is 0.125 e. The minimum atomic E-state index is 0.549. The van der Waals surface area contributed by atoms with Crippen molar-refractivity contribution >= 4 is 0 Å². The summed E-state index contributed by atoms with van der Waals surface area (Å²) >= 11 is 0. The summed E-state index contributed by atoms with van der Waals surface area (Å²) < 4.78 is 16.0. The largest absolute Gasteiger partial charge is 0.491 e. The van der Waals surface area contributed by atoms with Crippen molar-refractivity contribution in [2.45, 2.75) is 20.4 Å². The number of hydrogen-bond acceptors (Lipinski definition) is 4. The summed E-state index contributed by atoms with van der Waals surface area (Å²) in [6.45, 7) is 6.96. The first-order chi connectivity index (χ1) is 8.69. The van der Waals surface area contributed by atoms with Gasteiger partial charge in [-0.05, 0) is 30.5 Å². The second kappa shape index (κ2) is 8.08. The van der Waals surface area contributed by atoms with E-state index in [-0.39, 0.29) is 0 Å². The Labute approximate surface area is 109 Å². The van der Waals surface area contributed by atoms with Gasteiger partial charge in [-0.25, -0.2) is 0 Å². The Morgan fingerprint density at radius 2 is 1.61 bits per heavy atom. The first-order valence-corrected chi connectivity index (χ1v) is 6.18. The molecule has 1 aromatic rings. The SMILES string of the molecule is COCCOCCOc1c(C)cc(CN)cc1C. The summed E-state index contributed by atoms with van der Waals surface area (Å²) in [5.41, 5.74) is 9.00. The molecule has 0 aliphatic heterocycles. The predicted molar refractivity (Wildman–Crippen MR) is 72.0 cm³/mol. The Morgan fingerprint density at radius 3 is 2.17 bits per heavy atom. The molecule has 0 aliphatic rings. The molecule has 1 aromatic carbocycles. The van der Waals surface area contributed by atoms with Crippen LogP contribution in [0.2, 0.25) is 0 Å². The molecule has 0 aliphatic carbocycles. The number of benzene rings is 1. The van der Waals surface area contributed by atoms with Crippen molar-refractivity contribution in [1.29, 1.82) is 0 Å². The summed E-state index contributed by atoms with van der Waals surface area (Å²) in [6, 6.07) is 4.13. The highest BCUT2D eigenvalue weighted by molar-refractivity contribution is 5.43. The molecule has 0 spiro atoms. The maximum Gasteiger partial charge on any atom is 0.125 e. The topological polar surface area (TPSA) is 53.7 Å². The van der Waals surface area contributed by atoms with E-state index in [4.69, 9.17) is 19.9 Å². The van der Waals surface area contributed by atoms with E-state index >= 15 is 0 Å². The molecule has 0 unspecified atom stereocenters. The van der Waals surface area contributed by atoms with Gasteiger partial charge in [-0.3, -0.25) is 0 Å². The molecule has 2 N–H and O–H groups in total. The van der Waals surface area contributed by atoms with E-state index in [9.17, 15) is 0 Å². The molecule has 0 heterocycles. The van der Waals surface area contributed by atoms with Crippen LogP contribution in [0.1, 0.15) is 16.7 Å². The average Bonchev–Trinajstić information content (AvgIpc) is 2.35. The highest BCUT2D eigenvalue weighted by atomic mass is 16.5. The van der Waals surface area contributed by atoms with Crippen molar-refractivity contribution in [3.8, 4) is 5.75 Å². The van der Waals surface area contributed by atoms with E-state index in [0.29, 0.717) is 33.0 Å². The van der Waals surface area contributed by atoms with Gasteiger partial charge >= 0.3 is 0 Å². The van der Waals surface area contributed by atoms with Crippen molar-refractivity contribution < 1.29 is 14.2 Å². The normalized spacial score (nSPS) is 10.7. The first kappa shape index (κ1) is 15.0. The zero-order chi connectivity index (χ0) is 13.4. The summed E-state index contributed by atoms with van der Waals surface area (Å²) in [4.78, 5) is 0. The van der Waals surface area contributed by atoms with E-state index in [0.717, 1.165) is 22.4 Å². The third-order valence-corrected chi connectivity index (χ3v) is 2.66. The minimum absolute atomic E-state index is 0.549. The molecule has 0 fully saturated rings. The van der Waals surface area contributed by atoms with Crippen molar-refractivity contribution in [1.82, 2.24) is 0 Å². The molecule has 0 amide bonds. The van der Waals surface area contributed by atoms with Gasteiger partial charge in [0, 0.05) is 13.7 Å². The van der Waals surface area contributed by atoms with E-state index in [1.54, 1.807) is 7.11 Å². The van der Waals surface area contributed by atoms with Crippen LogP contribution in [0.25, 0.3) is 0 Å². The van der Waals surface area contributed by atoms with Crippen molar-refractivity contribution in [2.24, 2.45) is 5.73 Å². The number of methoxy groups -OCH3 is 1. The first-order valence-electron chi connectivity index (χ1n) is 6.18. The lowest BCUT2D eigenvalue weighted by molar-refractivity contribution is 0.0542. The molecule has 4 heteroatoms. The molecule has 0 atom stereocenters. The van der Waals surface area contributed by atoms with Gasteiger partial charge in [-0.2, -0.15) is 0 Å². The number of ether oxygens (including phenoxy) is 3. The third-order valence-electron chi connectivity index (χ3n) is 2.66. The van der Waals surface area contributed by atoms with Gasteiger partial charge in [0.2, 0.25) is 0 Å². The number of hydrogen-bond donors (Lipinski definition) is 1. The number of rotatable bonds is 8. The fourth-order valence-electron chi connectivity index (χ4n) is 1.83. The molecule has 0 bridgehead atoms. The second-order valence-corrected chi connectivity index (χ2v) is 4.22. The van der Waals surface area contributed by atoms with E-state index in [1.807, 2.05) is 13.8 Å². The maximum atomic E-state index is 5.74. The van der Waals surface area contributed by atoms with Crippen LogP contribution >= 0.6 is 0 Å². The van der Waals surface area contributed by atoms with Crippen LogP contribution < -0.4 is 10.5 Å². The molecular weight excluding hydrogens is 230 g/mol. The Morgan fingerprint density at radius 1 is 1.00 bits per heavy atom. The van der Waals surface area contributed by atoms with Crippen molar-refractivity contribution in [2.75, 3.05) is 33.5 Å². The Hall–Kier alpha value is -1.10. The monoisotopic (exact) mass is 253 g/mol. The van der Waals surface area contributed by atoms with Gasteiger partial charge in [-0.1, -0.05) is 12.1 Å². The van der Waals surface area contributed by atoms with Gasteiger partial charge in [0.1, 0.15) is 12.4 Å². The lowest BCUT2D eigenvalue weighted by atomic mass is 10.1. The maximum absolute atomic E-state index is 5.74. The Balaban J connectivity index is 2.42. The van der Waals surface area contributed by atoms with Crippen LogP contribution in [0.5, 0.6) is 5.75 Å². The summed E-state index contributed by atoms with van der Waals surface area (Å²) in [6.07, 6.45) is 0.